The second kappa shape index (κ2) is 54.2. The third kappa shape index (κ3) is 38.7. The molecule has 1 aromatic rings. The van der Waals surface area contributed by atoms with E-state index >= 15 is 0 Å². The van der Waals surface area contributed by atoms with Gasteiger partial charge in [-0.3, -0.25) is 28.8 Å². The van der Waals surface area contributed by atoms with Crippen molar-refractivity contribution in [1.82, 2.24) is 47.9 Å². The topological polar surface area (TPSA) is 365 Å². The lowest BCUT2D eigenvalue weighted by Crippen LogP contribution is -2.47. The van der Waals surface area contributed by atoms with Gasteiger partial charge in [-0.2, -0.15) is 32.3 Å². The summed E-state index contributed by atoms with van der Waals surface area (Å²) in [5.41, 5.74) is 0. The van der Waals surface area contributed by atoms with E-state index in [1.165, 1.54) is 0 Å². The lowest BCUT2D eigenvalue weighted by Gasteiger charge is -2.19. The van der Waals surface area contributed by atoms with Crippen molar-refractivity contribution in [3.8, 4) is 5.75 Å². The number of carbonyl (C=O) groups excluding carboxylic acids is 8. The summed E-state index contributed by atoms with van der Waals surface area (Å²) >= 11 is 3.74. The van der Waals surface area contributed by atoms with E-state index < -0.39 is 59.3 Å². The highest BCUT2D eigenvalue weighted by Crippen LogP contribution is 2.34. The van der Waals surface area contributed by atoms with E-state index in [0.717, 1.165) is 50.0 Å². The molecule has 0 spiro atoms. The standard InChI is InChI=1S/C65H105F4N9O21S2/c66-46-43-47(67)59(69)62(58(46)68)99-57(83)14-21-89-27-33-95-39-42-98-36-30-92-24-18-73-63(84)48(74-56(82)13-20-88-26-32-94-38-41-97-35-29-91-23-17-72-54(80)11-4-2-9-52-61-50(45-101-52)76-65(86)78-61)7-5-6-15-70-55(81)12-19-87-25-31-93-37-40-96-34-28-90-22-16-71-53(79)10-3-1-8-51-60-49(44-100-51)75-64(85)77-60/h43,48-52,60-61H,1-42,44-45H2,(H,70,81)(H,71,79)(H,72,80)(H,73,84)(H,74,82)(H2,75,77,85)(H2,76,78,86)/t48-,49?,50?,51?,52?,60?,61?/m0/s1. The first-order valence-electron chi connectivity index (χ1n) is 34.9. The van der Waals surface area contributed by atoms with E-state index in [1.807, 2.05) is 23.5 Å². The number of amides is 9. The monoisotopic (exact) mass is 1490 g/mol. The maximum Gasteiger partial charge on any atom is 0.315 e. The van der Waals surface area contributed by atoms with Gasteiger partial charge in [0, 0.05) is 79.9 Å². The average Bonchev–Trinajstić information content (AvgIpc) is 1.72. The smallest absolute Gasteiger partial charge is 0.315 e. The number of fused-ring (bicyclic) bond motifs is 2. The zero-order valence-electron chi connectivity index (χ0n) is 57.6. The van der Waals surface area contributed by atoms with Gasteiger partial charge in [0.05, 0.1) is 189 Å². The van der Waals surface area contributed by atoms with Crippen molar-refractivity contribution in [2.75, 3.05) is 196 Å². The molecule has 0 radical (unpaired) electrons. The average molecular weight is 1490 g/mol. The van der Waals surface area contributed by atoms with Crippen LogP contribution in [-0.2, 0) is 85.6 Å². The molecule has 7 atom stereocenters. The largest absolute Gasteiger partial charge is 0.420 e. The molecule has 4 fully saturated rings. The van der Waals surface area contributed by atoms with Crippen LogP contribution in [0, 0.1) is 23.3 Å². The number of hydrogen-bond acceptors (Lipinski definition) is 23. The van der Waals surface area contributed by atoms with Crippen LogP contribution in [0.5, 0.6) is 5.75 Å². The van der Waals surface area contributed by atoms with Crippen LogP contribution in [0.15, 0.2) is 6.07 Å². The molecule has 9 N–H and O–H groups in total. The number of hydrogen-bond donors (Lipinski definition) is 9. The number of benzene rings is 1. The van der Waals surface area contributed by atoms with E-state index in [4.69, 9.17) is 56.8 Å². The van der Waals surface area contributed by atoms with Crippen molar-refractivity contribution < 1.29 is 117 Å². The lowest BCUT2D eigenvalue weighted by molar-refractivity contribution is -0.136. The van der Waals surface area contributed by atoms with Gasteiger partial charge in [-0.1, -0.05) is 12.8 Å². The summed E-state index contributed by atoms with van der Waals surface area (Å²) < 4.78 is 125. The summed E-state index contributed by atoms with van der Waals surface area (Å²) in [7, 11) is 0. The molecule has 4 aliphatic heterocycles. The molecule has 4 aliphatic rings. The van der Waals surface area contributed by atoms with Gasteiger partial charge in [0.1, 0.15) is 6.04 Å². The summed E-state index contributed by atoms with van der Waals surface area (Å²) in [5.74, 6) is -8.90. The number of esters is 1. The van der Waals surface area contributed by atoms with Gasteiger partial charge in [0.15, 0.2) is 11.6 Å². The molecular formula is C65H105F4N9O21S2. The Bertz CT molecular complexity index is 2550. The van der Waals surface area contributed by atoms with Crippen molar-refractivity contribution in [2.45, 2.75) is 131 Å². The van der Waals surface area contributed by atoms with E-state index in [9.17, 15) is 55.9 Å². The summed E-state index contributed by atoms with van der Waals surface area (Å²) in [6, 6.07) is -0.312. The maximum atomic E-state index is 13.7. The van der Waals surface area contributed by atoms with Gasteiger partial charge < -0.3 is 109 Å². The fourth-order valence-corrected chi connectivity index (χ4v) is 13.6. The Morgan fingerprint density at radius 2 is 0.762 bits per heavy atom. The Hall–Kier alpha value is -5.48. The molecule has 0 bridgehead atoms. The summed E-state index contributed by atoms with van der Waals surface area (Å²) in [6.07, 6.45) is 7.26. The molecule has 4 saturated heterocycles. The number of urea groups is 2. The predicted molar refractivity (Wildman–Crippen MR) is 361 cm³/mol. The second-order valence-electron chi connectivity index (χ2n) is 23.6. The molecule has 36 heteroatoms. The first-order valence-corrected chi connectivity index (χ1v) is 37.0. The predicted octanol–water partition coefficient (Wildman–Crippen LogP) is 2.09. The van der Waals surface area contributed by atoms with E-state index in [2.05, 4.69) is 52.6 Å². The molecule has 4 heterocycles. The van der Waals surface area contributed by atoms with Crippen molar-refractivity contribution in [2.24, 2.45) is 0 Å². The molecule has 9 amide bonds. The molecule has 576 valence electrons. The molecule has 6 unspecified atom stereocenters. The molecule has 0 aliphatic carbocycles. The van der Waals surface area contributed by atoms with Crippen LogP contribution < -0.4 is 52.6 Å². The van der Waals surface area contributed by atoms with Crippen molar-refractivity contribution in [1.29, 1.82) is 0 Å². The fraction of sp³-hybridized carbons (Fsp3) is 0.785. The van der Waals surface area contributed by atoms with Crippen LogP contribution in [-0.4, -0.2) is 285 Å². The fourth-order valence-electron chi connectivity index (χ4n) is 10.5. The van der Waals surface area contributed by atoms with Gasteiger partial charge in [-0.15, -0.1) is 0 Å². The second-order valence-corrected chi connectivity index (χ2v) is 26.1. The van der Waals surface area contributed by atoms with Gasteiger partial charge in [0.25, 0.3) is 0 Å². The third-order valence-electron chi connectivity index (χ3n) is 15.8. The number of nitrogens with one attached hydrogen (secondary N) is 9. The van der Waals surface area contributed by atoms with Gasteiger partial charge in [0.2, 0.25) is 46.9 Å². The first kappa shape index (κ1) is 86.2. The summed E-state index contributed by atoms with van der Waals surface area (Å²) in [4.78, 5) is 98.2. The van der Waals surface area contributed by atoms with E-state index in [0.29, 0.717) is 135 Å². The number of thioether (sulfide) groups is 2. The van der Waals surface area contributed by atoms with Crippen LogP contribution in [0.4, 0.5) is 27.2 Å². The Morgan fingerprint density at radius 3 is 1.19 bits per heavy atom. The van der Waals surface area contributed by atoms with Gasteiger partial charge in [-0.05, 0) is 44.9 Å². The summed E-state index contributed by atoms with van der Waals surface area (Å²) in [5, 5.41) is 26.8. The maximum absolute atomic E-state index is 13.7. The summed E-state index contributed by atoms with van der Waals surface area (Å²) in [6.45, 7) is 7.27. The SMILES string of the molecule is O=C(CCCCC1SCC2NC(=O)NC21)NCCOCCOCCOCCOCCC(=O)NCCCC[C@H](NC(=O)CCOCCOCCOCCOCCNC(=O)CCCCC1SCC2NC(=O)NC21)C(=O)NCCOCCOCCOCCOCCC(=O)Oc1c(F)c(F)cc(F)c1F. The highest BCUT2D eigenvalue weighted by molar-refractivity contribution is 8.00. The molecule has 0 saturated carbocycles. The Morgan fingerprint density at radius 1 is 0.406 bits per heavy atom. The number of carbonyl (C=O) groups is 8. The molecule has 5 rings (SSSR count). The quantitative estimate of drug-likeness (QED) is 0.0113. The molecule has 101 heavy (non-hydrogen) atoms. The molecular weight excluding hydrogens is 1380 g/mol. The van der Waals surface area contributed by atoms with E-state index in [-0.39, 0.29) is 165 Å². The van der Waals surface area contributed by atoms with E-state index in [1.54, 1.807) is 0 Å². The lowest BCUT2D eigenvalue weighted by atomic mass is 10.0. The number of unbranched alkanes of at least 4 members (excludes halogenated alkanes) is 3. The van der Waals surface area contributed by atoms with Crippen LogP contribution in [0.1, 0.15) is 89.9 Å². The molecule has 30 nitrogen and oxygen atoms in total. The highest BCUT2D eigenvalue weighted by atomic mass is 32.2. The minimum absolute atomic E-state index is 0.00194. The number of halogens is 4. The van der Waals surface area contributed by atoms with Gasteiger partial charge in [-0.25, -0.2) is 18.4 Å². The van der Waals surface area contributed by atoms with Crippen LogP contribution >= 0.6 is 23.5 Å². The number of rotatable bonds is 63. The Balaban J connectivity index is 0.819. The van der Waals surface area contributed by atoms with Crippen LogP contribution in [0.3, 0.4) is 0 Å². The highest BCUT2D eigenvalue weighted by Gasteiger charge is 2.43. The normalized spacial score (nSPS) is 18.5. The molecule has 1 aromatic carbocycles. The van der Waals surface area contributed by atoms with Crippen LogP contribution in [0.25, 0.3) is 0 Å². The van der Waals surface area contributed by atoms with Crippen molar-refractivity contribution in [3.63, 3.8) is 0 Å². The van der Waals surface area contributed by atoms with Gasteiger partial charge >= 0.3 is 18.0 Å². The third-order valence-corrected chi connectivity index (χ3v) is 18.8. The molecule has 0 aromatic heterocycles. The van der Waals surface area contributed by atoms with Crippen molar-refractivity contribution >= 4 is 71.1 Å². The minimum atomic E-state index is -1.83. The zero-order chi connectivity index (χ0) is 72.3. The zero-order valence-corrected chi connectivity index (χ0v) is 59.3. The minimum Gasteiger partial charge on any atom is -0.420 e. The van der Waals surface area contributed by atoms with Crippen molar-refractivity contribution in [3.05, 3.63) is 29.3 Å². The Labute approximate surface area is 596 Å². The number of ether oxygens (including phenoxy) is 13. The Kier molecular flexibility index (Phi) is 46.2. The first-order chi connectivity index (χ1) is 49.2. The van der Waals surface area contributed by atoms with Crippen LogP contribution in [0.2, 0.25) is 0 Å².